The summed E-state index contributed by atoms with van der Waals surface area (Å²) in [5.74, 6) is 0. The summed E-state index contributed by atoms with van der Waals surface area (Å²) in [6, 6.07) is 7.87. The van der Waals surface area contributed by atoms with Gasteiger partial charge in [0, 0.05) is 23.3 Å². The maximum absolute atomic E-state index is 12.0. The molecule has 0 heterocycles. The molecule has 4 rings (SSSR count). The lowest BCUT2D eigenvalue weighted by Crippen LogP contribution is -2.17. The first-order valence-electron chi connectivity index (χ1n) is 10.6. The smallest absolute Gasteiger partial charge is 0.258 e. The average molecular weight is 460 g/mol. The number of hydrogen-bond acceptors (Lipinski definition) is 7. The summed E-state index contributed by atoms with van der Waals surface area (Å²) >= 11 is 0. The van der Waals surface area contributed by atoms with Crippen LogP contribution in [0.4, 0.5) is 17.1 Å². The van der Waals surface area contributed by atoms with Gasteiger partial charge in [0.05, 0.1) is 43.4 Å². The molecule has 0 aromatic heterocycles. The highest BCUT2D eigenvalue weighted by atomic mass is 16.6. The third-order valence-electron chi connectivity index (χ3n) is 6.01. The van der Waals surface area contributed by atoms with E-state index >= 15 is 0 Å². The summed E-state index contributed by atoms with van der Waals surface area (Å²) in [5, 5.41) is 35.2. The van der Waals surface area contributed by atoms with Gasteiger partial charge in [0.2, 0.25) is 0 Å². The molecule has 0 spiro atoms. The van der Waals surface area contributed by atoms with Crippen molar-refractivity contribution in [3.63, 3.8) is 0 Å². The van der Waals surface area contributed by atoms with Crippen LogP contribution in [0.1, 0.15) is 42.5 Å². The molecule has 172 valence electrons. The molecule has 2 aliphatic rings. The Morgan fingerprint density at radius 2 is 1.62 bits per heavy atom. The predicted molar refractivity (Wildman–Crippen MR) is 128 cm³/mol. The van der Waals surface area contributed by atoms with Gasteiger partial charge in [-0.1, -0.05) is 32.0 Å². The van der Waals surface area contributed by atoms with Crippen LogP contribution >= 0.6 is 0 Å². The summed E-state index contributed by atoms with van der Waals surface area (Å²) < 4.78 is 0. The Kier molecular flexibility index (Phi) is 5.66. The van der Waals surface area contributed by atoms with Crippen molar-refractivity contribution in [2.45, 2.75) is 33.6 Å². The number of rotatable bonds is 6. The van der Waals surface area contributed by atoms with Gasteiger partial charge in [-0.15, -0.1) is 0 Å². The molecule has 10 nitrogen and oxygen atoms in total. The first-order valence-corrected chi connectivity index (χ1v) is 10.6. The van der Waals surface area contributed by atoms with Crippen LogP contribution in [0.2, 0.25) is 0 Å². The molecule has 0 amide bonds. The van der Waals surface area contributed by atoms with E-state index in [2.05, 4.69) is 0 Å². The number of nitro benzene ring substituents is 2. The fraction of sp³-hybridized carbons (Fsp3) is 0.208. The lowest BCUT2D eigenvalue weighted by atomic mass is 9.86. The van der Waals surface area contributed by atoms with E-state index in [1.54, 1.807) is 13.0 Å². The maximum Gasteiger partial charge on any atom is 0.284 e. The fourth-order valence-corrected chi connectivity index (χ4v) is 4.43. The van der Waals surface area contributed by atoms with Crippen LogP contribution in [0, 0.1) is 37.3 Å². The molecule has 0 atom stereocenters. The highest BCUT2D eigenvalue weighted by Crippen LogP contribution is 2.48. The van der Waals surface area contributed by atoms with E-state index in [9.17, 15) is 30.3 Å². The molecule has 0 saturated heterocycles. The molecule has 0 saturated carbocycles. The molecule has 2 aromatic carbocycles. The van der Waals surface area contributed by atoms with Gasteiger partial charge in [0.25, 0.3) is 17.1 Å². The van der Waals surface area contributed by atoms with Gasteiger partial charge in [-0.3, -0.25) is 30.3 Å². The molecule has 2 aromatic rings. The van der Waals surface area contributed by atoms with Crippen molar-refractivity contribution in [3.05, 3.63) is 106 Å². The molecule has 0 bridgehead atoms. The van der Waals surface area contributed by atoms with Gasteiger partial charge in [-0.25, -0.2) is 4.99 Å². The Balaban J connectivity index is 2.07. The van der Waals surface area contributed by atoms with Gasteiger partial charge in [-0.2, -0.15) is 0 Å². The highest BCUT2D eigenvalue weighted by Gasteiger charge is 2.39. The summed E-state index contributed by atoms with van der Waals surface area (Å²) in [6.07, 6.45) is 3.91. The highest BCUT2D eigenvalue weighted by molar-refractivity contribution is 6.29. The Hall–Kier alpha value is -4.47. The number of benzene rings is 2. The third-order valence-corrected chi connectivity index (χ3v) is 6.01. The first-order chi connectivity index (χ1) is 16.2. The van der Waals surface area contributed by atoms with Crippen molar-refractivity contribution in [3.8, 4) is 0 Å². The Labute approximate surface area is 194 Å². The van der Waals surface area contributed by atoms with Gasteiger partial charge < -0.3 is 0 Å². The number of hydrogen-bond donors (Lipinski definition) is 0. The number of para-hydroxylation sites is 1. The van der Waals surface area contributed by atoms with Crippen LogP contribution in [-0.2, 0) is 6.42 Å². The van der Waals surface area contributed by atoms with Crippen molar-refractivity contribution in [2.24, 2.45) is 4.99 Å². The van der Waals surface area contributed by atoms with Crippen molar-refractivity contribution < 1.29 is 14.8 Å². The number of aliphatic imine (C=N–C) groups is 1. The van der Waals surface area contributed by atoms with Gasteiger partial charge in [0.15, 0.2) is 0 Å². The quantitative estimate of drug-likeness (QED) is 0.389. The van der Waals surface area contributed by atoms with Crippen molar-refractivity contribution in [1.82, 2.24) is 0 Å². The average Bonchev–Trinajstić information content (AvgIpc) is 3.17. The zero-order valence-corrected chi connectivity index (χ0v) is 18.7. The van der Waals surface area contributed by atoms with Gasteiger partial charge in [0.1, 0.15) is 0 Å². The van der Waals surface area contributed by atoms with Crippen LogP contribution in [0.15, 0.2) is 58.2 Å². The van der Waals surface area contributed by atoms with Crippen molar-refractivity contribution >= 4 is 34.4 Å². The summed E-state index contributed by atoms with van der Waals surface area (Å²) in [4.78, 5) is 38.1. The summed E-state index contributed by atoms with van der Waals surface area (Å²) in [7, 11) is 0. The van der Waals surface area contributed by atoms with Gasteiger partial charge in [-0.05, 0) is 42.5 Å². The Bertz CT molecular complexity index is 1410. The van der Waals surface area contributed by atoms with Crippen molar-refractivity contribution in [2.75, 3.05) is 0 Å². The Morgan fingerprint density at radius 1 is 0.882 bits per heavy atom. The maximum atomic E-state index is 12.0. The molecule has 0 unspecified atom stereocenters. The number of allylic oxidation sites excluding steroid dienone is 4. The number of nitro groups is 3. The second-order valence-corrected chi connectivity index (χ2v) is 7.93. The van der Waals surface area contributed by atoms with Crippen LogP contribution in [-0.4, -0.2) is 20.5 Å². The van der Waals surface area contributed by atoms with E-state index < -0.39 is 26.1 Å². The van der Waals surface area contributed by atoms with E-state index in [1.807, 2.05) is 32.0 Å². The monoisotopic (exact) mass is 460 g/mol. The SMILES string of the molecule is CCC1=C([N+](=O)[O-])C=C2C(=Cc3cc([N+](=O)[O-])cc([N+](=O)[O-])c32)C1=Nc1c(C)cccc1CC. The molecule has 10 heteroatoms. The summed E-state index contributed by atoms with van der Waals surface area (Å²) in [5.41, 5.74) is 3.31. The second-order valence-electron chi connectivity index (χ2n) is 7.93. The van der Waals surface area contributed by atoms with Crippen LogP contribution in [0.3, 0.4) is 0 Å². The molecule has 2 aliphatic carbocycles. The lowest BCUT2D eigenvalue weighted by molar-refractivity contribution is -0.419. The zero-order chi connectivity index (χ0) is 24.7. The van der Waals surface area contributed by atoms with E-state index in [4.69, 9.17) is 4.99 Å². The fourth-order valence-electron chi connectivity index (χ4n) is 4.43. The zero-order valence-electron chi connectivity index (χ0n) is 18.7. The van der Waals surface area contributed by atoms with E-state index in [0.29, 0.717) is 35.4 Å². The van der Waals surface area contributed by atoms with E-state index in [0.717, 1.165) is 17.2 Å². The minimum Gasteiger partial charge on any atom is -0.258 e. The topological polar surface area (TPSA) is 142 Å². The number of nitrogens with zero attached hydrogens (tertiary/aromatic N) is 4. The number of non-ortho nitro benzene ring substituents is 1. The molecule has 0 N–H and O–H groups in total. The second kappa shape index (κ2) is 8.47. The molecule has 0 fully saturated rings. The van der Waals surface area contributed by atoms with E-state index in [-0.39, 0.29) is 22.4 Å². The van der Waals surface area contributed by atoms with Crippen molar-refractivity contribution in [1.29, 1.82) is 0 Å². The van der Waals surface area contributed by atoms with Crippen LogP contribution in [0.25, 0.3) is 11.6 Å². The van der Waals surface area contributed by atoms with Gasteiger partial charge >= 0.3 is 0 Å². The van der Waals surface area contributed by atoms with E-state index in [1.165, 1.54) is 12.1 Å². The lowest BCUT2D eigenvalue weighted by Gasteiger charge is -2.19. The number of aryl methyl sites for hydroxylation is 2. The predicted octanol–water partition coefficient (Wildman–Crippen LogP) is 5.88. The Morgan fingerprint density at radius 3 is 2.21 bits per heavy atom. The number of fused-ring (bicyclic) bond motifs is 3. The van der Waals surface area contributed by atoms with Crippen LogP contribution in [0.5, 0.6) is 0 Å². The molecular weight excluding hydrogens is 440 g/mol. The largest absolute Gasteiger partial charge is 0.284 e. The van der Waals surface area contributed by atoms with Crippen LogP contribution < -0.4 is 0 Å². The normalized spacial score (nSPS) is 15.6. The summed E-state index contributed by atoms with van der Waals surface area (Å²) in [6.45, 7) is 5.66. The minimum atomic E-state index is -0.707. The molecule has 34 heavy (non-hydrogen) atoms. The molecule has 0 radical (unpaired) electrons. The molecular formula is C24H20N4O6. The third kappa shape index (κ3) is 3.58. The molecule has 0 aliphatic heterocycles. The first kappa shape index (κ1) is 22.7. The standard InChI is InChI=1S/C24H20N4O6/c1-4-14-8-6-7-13(3)23(14)25-24-17(5-2)20(27(31)32)12-18-19(24)10-15-9-16(26(29)30)11-21(22(15)18)28(33)34/h6-12H,4-5H2,1-3H3. The minimum absolute atomic E-state index is 0.119.